The molecular weight excluding hydrogens is 542 g/mol. The molecule has 3 heterocycles. The second-order valence-corrected chi connectivity index (χ2v) is 11.6. The Labute approximate surface area is 242 Å². The lowest BCUT2D eigenvalue weighted by atomic mass is 10.1. The van der Waals surface area contributed by atoms with Crippen molar-refractivity contribution in [1.29, 1.82) is 0 Å². The summed E-state index contributed by atoms with van der Waals surface area (Å²) in [5, 5.41) is 11.0. The maximum absolute atomic E-state index is 13.1. The highest BCUT2D eigenvalue weighted by atomic mass is 35.5. The van der Waals surface area contributed by atoms with Crippen LogP contribution in [-0.4, -0.2) is 37.8 Å². The van der Waals surface area contributed by atoms with Gasteiger partial charge in [-0.15, -0.1) is 11.3 Å². The summed E-state index contributed by atoms with van der Waals surface area (Å²) in [4.78, 5) is 28.9. The fourth-order valence-corrected chi connectivity index (χ4v) is 5.76. The first-order valence-corrected chi connectivity index (χ1v) is 14.4. The van der Waals surface area contributed by atoms with Gasteiger partial charge in [-0.25, -0.2) is 15.0 Å². The Balaban J connectivity index is 1.42. The second-order valence-electron chi connectivity index (χ2n) is 10.2. The molecule has 3 aromatic heterocycles. The third kappa shape index (κ3) is 6.01. The van der Waals surface area contributed by atoms with Crippen molar-refractivity contribution in [1.82, 2.24) is 19.9 Å². The van der Waals surface area contributed by atoms with Crippen LogP contribution in [0.3, 0.4) is 0 Å². The van der Waals surface area contributed by atoms with E-state index in [9.17, 15) is 4.79 Å². The number of hydrogen-bond acceptors (Lipinski definition) is 8. The van der Waals surface area contributed by atoms with Crippen molar-refractivity contribution >= 4 is 67.2 Å². The lowest BCUT2D eigenvalue weighted by molar-refractivity contribution is 0.101. The van der Waals surface area contributed by atoms with Crippen LogP contribution in [0.4, 0.5) is 17.3 Å². The number of thiophene rings is 1. The molecule has 0 unspecified atom stereocenters. The van der Waals surface area contributed by atoms with Crippen LogP contribution in [0, 0.1) is 0 Å². The number of nitrogens with one attached hydrogen (secondary N) is 2. The number of hydrogen-bond donors (Lipinski definition) is 3. The Kier molecular flexibility index (Phi) is 8.16. The Morgan fingerprint density at radius 2 is 1.80 bits per heavy atom. The molecule has 1 amide bonds. The van der Waals surface area contributed by atoms with Crippen LogP contribution in [0.2, 0.25) is 5.02 Å². The van der Waals surface area contributed by atoms with Gasteiger partial charge < -0.3 is 16.4 Å². The zero-order valence-electron chi connectivity index (χ0n) is 22.9. The van der Waals surface area contributed by atoms with Gasteiger partial charge in [0.05, 0.1) is 22.5 Å². The number of carbonyl (C=O) groups is 1. The third-order valence-electron chi connectivity index (χ3n) is 6.79. The molecule has 5 aromatic rings. The van der Waals surface area contributed by atoms with E-state index >= 15 is 0 Å². The highest BCUT2D eigenvalue weighted by Gasteiger charge is 2.18. The number of nitrogens with two attached hydrogens (primary N) is 1. The maximum Gasteiger partial charge on any atom is 0.294 e. The number of benzene rings is 2. The first-order chi connectivity index (χ1) is 19.2. The SMILES string of the molecule is CC(C)N(Cc1cc(Cl)ccc1NCc1nc(NC(=O)c2nc(N)c3sccc3n2)cc2ccccc12)C(C)C. The second kappa shape index (κ2) is 11.8. The molecule has 0 bridgehead atoms. The van der Waals surface area contributed by atoms with Gasteiger partial charge in [-0.05, 0) is 74.4 Å². The van der Waals surface area contributed by atoms with Crippen LogP contribution in [0.1, 0.15) is 49.6 Å². The molecule has 0 spiro atoms. The summed E-state index contributed by atoms with van der Waals surface area (Å²) in [7, 11) is 0. The molecule has 4 N–H and O–H groups in total. The Morgan fingerprint density at radius 1 is 1.02 bits per heavy atom. The molecule has 0 aliphatic heterocycles. The van der Waals surface area contributed by atoms with E-state index in [1.807, 2.05) is 60.0 Å². The largest absolute Gasteiger partial charge is 0.382 e. The van der Waals surface area contributed by atoms with E-state index in [-0.39, 0.29) is 11.6 Å². The van der Waals surface area contributed by atoms with Gasteiger partial charge in [-0.1, -0.05) is 35.9 Å². The summed E-state index contributed by atoms with van der Waals surface area (Å²) >= 11 is 7.84. The number of nitrogens with zero attached hydrogens (tertiary/aromatic N) is 4. The van der Waals surface area contributed by atoms with Gasteiger partial charge >= 0.3 is 0 Å². The van der Waals surface area contributed by atoms with Gasteiger partial charge in [0, 0.05) is 34.7 Å². The molecule has 0 aliphatic rings. The summed E-state index contributed by atoms with van der Waals surface area (Å²) < 4.78 is 0.764. The van der Waals surface area contributed by atoms with Crippen molar-refractivity contribution in [2.24, 2.45) is 0 Å². The summed E-state index contributed by atoms with van der Waals surface area (Å²) in [6, 6.07) is 18.3. The molecule has 8 nitrogen and oxygen atoms in total. The maximum atomic E-state index is 13.1. The molecule has 0 atom stereocenters. The van der Waals surface area contributed by atoms with E-state index in [0.29, 0.717) is 35.0 Å². The molecular formula is C30H32ClN7OS. The minimum absolute atomic E-state index is 0.00342. The van der Waals surface area contributed by atoms with Crippen molar-refractivity contribution in [3.8, 4) is 0 Å². The fourth-order valence-electron chi connectivity index (χ4n) is 4.83. The third-order valence-corrected chi connectivity index (χ3v) is 7.95. The highest BCUT2D eigenvalue weighted by molar-refractivity contribution is 7.17. The fraction of sp³-hybridized carbons (Fsp3) is 0.267. The van der Waals surface area contributed by atoms with Gasteiger partial charge in [0.2, 0.25) is 5.82 Å². The number of rotatable bonds is 9. The number of halogens is 1. The predicted octanol–water partition coefficient (Wildman–Crippen LogP) is 6.96. The summed E-state index contributed by atoms with van der Waals surface area (Å²) in [6.45, 7) is 10.0. The number of carbonyl (C=O) groups excluding carboxylic acids is 1. The molecule has 2 aromatic carbocycles. The summed E-state index contributed by atoms with van der Waals surface area (Å²) in [5.41, 5.74) is 9.60. The minimum atomic E-state index is -0.469. The molecule has 40 heavy (non-hydrogen) atoms. The smallest absolute Gasteiger partial charge is 0.294 e. The van der Waals surface area contributed by atoms with Crippen LogP contribution in [-0.2, 0) is 13.1 Å². The number of nitrogen functional groups attached to an aromatic ring is 1. The molecule has 0 saturated heterocycles. The van der Waals surface area contributed by atoms with Crippen molar-refractivity contribution in [2.45, 2.75) is 52.9 Å². The van der Waals surface area contributed by atoms with Gasteiger partial charge in [-0.2, -0.15) is 0 Å². The molecule has 0 fully saturated rings. The molecule has 206 valence electrons. The quantitative estimate of drug-likeness (QED) is 0.175. The number of fused-ring (bicyclic) bond motifs is 2. The minimum Gasteiger partial charge on any atom is -0.382 e. The number of aromatic nitrogens is 3. The van der Waals surface area contributed by atoms with E-state index in [0.717, 1.165) is 39.0 Å². The van der Waals surface area contributed by atoms with Crippen molar-refractivity contribution in [2.75, 3.05) is 16.4 Å². The lowest BCUT2D eigenvalue weighted by Crippen LogP contribution is -2.36. The topological polar surface area (TPSA) is 109 Å². The van der Waals surface area contributed by atoms with Crippen LogP contribution in [0.5, 0.6) is 0 Å². The van der Waals surface area contributed by atoms with E-state index in [4.69, 9.17) is 22.3 Å². The lowest BCUT2D eigenvalue weighted by Gasteiger charge is -2.31. The zero-order chi connectivity index (χ0) is 28.4. The van der Waals surface area contributed by atoms with Crippen LogP contribution in [0.25, 0.3) is 21.0 Å². The van der Waals surface area contributed by atoms with E-state index in [1.54, 1.807) is 0 Å². The predicted molar refractivity (Wildman–Crippen MR) is 166 cm³/mol. The normalized spacial score (nSPS) is 11.7. The highest BCUT2D eigenvalue weighted by Crippen LogP contribution is 2.27. The van der Waals surface area contributed by atoms with Gasteiger partial charge in [0.15, 0.2) is 0 Å². The van der Waals surface area contributed by atoms with E-state index < -0.39 is 5.91 Å². The standard InChI is InChI=1S/C30H32ClN7OS/c1-17(2)38(18(3)4)16-20-13-21(31)9-10-23(20)33-15-25-22-8-6-5-7-19(22)14-26(34-25)36-30(39)29-35-24-11-12-40-27(24)28(32)37-29/h5-14,17-18,33H,15-16H2,1-4H3,(H2,32,35,37)(H,34,36,39). The number of anilines is 3. The van der Waals surface area contributed by atoms with Crippen LogP contribution >= 0.6 is 22.9 Å². The average molecular weight is 574 g/mol. The summed E-state index contributed by atoms with van der Waals surface area (Å²) in [6.07, 6.45) is 0. The zero-order valence-corrected chi connectivity index (χ0v) is 24.5. The number of amides is 1. The Hall–Kier alpha value is -3.79. The monoisotopic (exact) mass is 573 g/mol. The van der Waals surface area contributed by atoms with Gasteiger partial charge in [-0.3, -0.25) is 9.69 Å². The van der Waals surface area contributed by atoms with E-state index in [2.05, 4.69) is 53.2 Å². The average Bonchev–Trinajstić information content (AvgIpc) is 3.40. The van der Waals surface area contributed by atoms with Crippen molar-refractivity contribution in [3.05, 3.63) is 82.1 Å². The summed E-state index contributed by atoms with van der Waals surface area (Å²) in [5.74, 6) is 0.233. The van der Waals surface area contributed by atoms with Crippen LogP contribution in [0.15, 0.2) is 60.0 Å². The Morgan fingerprint density at radius 3 is 2.58 bits per heavy atom. The van der Waals surface area contributed by atoms with E-state index in [1.165, 1.54) is 11.3 Å². The molecule has 10 heteroatoms. The first-order valence-electron chi connectivity index (χ1n) is 13.2. The van der Waals surface area contributed by atoms with Gasteiger partial charge in [0.1, 0.15) is 11.6 Å². The van der Waals surface area contributed by atoms with Crippen molar-refractivity contribution < 1.29 is 4.79 Å². The Bertz CT molecular complexity index is 1680. The first kappa shape index (κ1) is 27.8. The molecule has 0 aliphatic carbocycles. The molecule has 5 rings (SSSR count). The van der Waals surface area contributed by atoms with Gasteiger partial charge in [0.25, 0.3) is 5.91 Å². The van der Waals surface area contributed by atoms with Crippen molar-refractivity contribution in [3.63, 3.8) is 0 Å². The number of pyridine rings is 1. The van der Waals surface area contributed by atoms with Crippen LogP contribution < -0.4 is 16.4 Å². The molecule has 0 radical (unpaired) electrons. The molecule has 0 saturated carbocycles.